The minimum Gasteiger partial charge on any atom is -0.408 e. The first-order chi connectivity index (χ1) is 9.65. The SMILES string of the molecule is CCC1CCCC(Nc2cc3[nH]c(=O)oc3cc2N)C1. The number of hydrogen-bond acceptors (Lipinski definition) is 4. The first-order valence-electron chi connectivity index (χ1n) is 7.34. The Morgan fingerprint density at radius 3 is 3.10 bits per heavy atom. The lowest BCUT2D eigenvalue weighted by atomic mass is 9.84. The number of aromatic nitrogens is 1. The number of nitrogens with two attached hydrogens (primary N) is 1. The summed E-state index contributed by atoms with van der Waals surface area (Å²) in [5.74, 6) is 0.361. The molecular formula is C15H21N3O2. The quantitative estimate of drug-likeness (QED) is 0.751. The molecule has 1 aliphatic carbocycles. The lowest BCUT2D eigenvalue weighted by Gasteiger charge is -2.30. The second kappa shape index (κ2) is 5.23. The van der Waals surface area contributed by atoms with Crippen molar-refractivity contribution in [3.05, 3.63) is 22.7 Å². The standard InChI is InChI=1S/C15H21N3O2/c1-2-9-4-3-5-10(6-9)17-12-8-13-14(7-11(12)16)20-15(19)18-13/h7-10,17H,2-6,16H2,1H3,(H,18,19). The maximum Gasteiger partial charge on any atom is 0.417 e. The largest absolute Gasteiger partial charge is 0.417 e. The third-order valence-corrected chi connectivity index (χ3v) is 4.31. The van der Waals surface area contributed by atoms with E-state index in [0.717, 1.165) is 11.6 Å². The van der Waals surface area contributed by atoms with Gasteiger partial charge in [0.1, 0.15) is 0 Å². The van der Waals surface area contributed by atoms with Gasteiger partial charge in [-0.1, -0.05) is 26.2 Å². The molecule has 0 aliphatic heterocycles. The third kappa shape index (κ3) is 2.53. The molecule has 1 fully saturated rings. The maximum absolute atomic E-state index is 11.2. The van der Waals surface area contributed by atoms with Crippen molar-refractivity contribution >= 4 is 22.5 Å². The van der Waals surface area contributed by atoms with Crippen molar-refractivity contribution in [1.29, 1.82) is 0 Å². The number of H-pyrrole nitrogens is 1. The van der Waals surface area contributed by atoms with E-state index in [1.54, 1.807) is 6.07 Å². The molecule has 4 N–H and O–H groups in total. The minimum absolute atomic E-state index is 0.444. The van der Waals surface area contributed by atoms with Gasteiger partial charge in [-0.3, -0.25) is 4.98 Å². The molecule has 0 spiro atoms. The molecule has 0 saturated heterocycles. The number of fused-ring (bicyclic) bond motifs is 1. The molecule has 1 aromatic carbocycles. The Morgan fingerprint density at radius 1 is 1.45 bits per heavy atom. The number of oxazole rings is 1. The van der Waals surface area contributed by atoms with Gasteiger partial charge in [0.05, 0.1) is 16.9 Å². The van der Waals surface area contributed by atoms with Crippen LogP contribution >= 0.6 is 0 Å². The highest BCUT2D eigenvalue weighted by atomic mass is 16.4. The van der Waals surface area contributed by atoms with Gasteiger partial charge in [-0.2, -0.15) is 0 Å². The molecule has 2 unspecified atom stereocenters. The van der Waals surface area contributed by atoms with Crippen LogP contribution in [0.2, 0.25) is 0 Å². The van der Waals surface area contributed by atoms with Gasteiger partial charge in [0.2, 0.25) is 0 Å². The summed E-state index contributed by atoms with van der Waals surface area (Å²) in [4.78, 5) is 13.9. The summed E-state index contributed by atoms with van der Waals surface area (Å²) in [6, 6.07) is 4.04. The average Bonchev–Trinajstić information content (AvgIpc) is 2.78. The zero-order valence-electron chi connectivity index (χ0n) is 11.7. The Morgan fingerprint density at radius 2 is 2.30 bits per heavy atom. The number of hydrogen-bond donors (Lipinski definition) is 3. The molecule has 1 aliphatic rings. The molecule has 2 atom stereocenters. The van der Waals surface area contributed by atoms with Crippen LogP contribution in [0.3, 0.4) is 0 Å². The summed E-state index contributed by atoms with van der Waals surface area (Å²) in [6.45, 7) is 2.25. The zero-order valence-corrected chi connectivity index (χ0v) is 11.7. The highest BCUT2D eigenvalue weighted by Crippen LogP contribution is 2.31. The van der Waals surface area contributed by atoms with Gasteiger partial charge >= 0.3 is 5.76 Å². The van der Waals surface area contributed by atoms with Crippen molar-refractivity contribution in [2.24, 2.45) is 5.92 Å². The van der Waals surface area contributed by atoms with Crippen LogP contribution in [0.1, 0.15) is 39.0 Å². The Balaban J connectivity index is 1.82. The van der Waals surface area contributed by atoms with Crippen LogP contribution in [0, 0.1) is 5.92 Å². The van der Waals surface area contributed by atoms with Gasteiger partial charge in [0.25, 0.3) is 0 Å². The zero-order chi connectivity index (χ0) is 14.1. The van der Waals surface area contributed by atoms with Gasteiger partial charge in [-0.25, -0.2) is 4.79 Å². The molecule has 2 aromatic rings. The fourth-order valence-electron chi connectivity index (χ4n) is 3.15. The molecule has 108 valence electrons. The second-order valence-electron chi connectivity index (χ2n) is 5.73. The summed E-state index contributed by atoms with van der Waals surface area (Å²) >= 11 is 0. The van der Waals surface area contributed by atoms with E-state index in [1.807, 2.05) is 6.07 Å². The fraction of sp³-hybridized carbons (Fsp3) is 0.533. The van der Waals surface area contributed by atoms with Crippen LogP contribution in [0.5, 0.6) is 0 Å². The van der Waals surface area contributed by atoms with E-state index in [4.69, 9.17) is 10.2 Å². The smallest absolute Gasteiger partial charge is 0.408 e. The summed E-state index contributed by atoms with van der Waals surface area (Å²) in [5.41, 5.74) is 8.75. The molecule has 0 bridgehead atoms. The highest BCUT2D eigenvalue weighted by Gasteiger charge is 2.21. The summed E-state index contributed by atoms with van der Waals surface area (Å²) in [7, 11) is 0. The highest BCUT2D eigenvalue weighted by molar-refractivity contribution is 5.85. The van der Waals surface area contributed by atoms with Gasteiger partial charge in [-0.05, 0) is 24.8 Å². The predicted molar refractivity (Wildman–Crippen MR) is 80.9 cm³/mol. The Labute approximate surface area is 117 Å². The third-order valence-electron chi connectivity index (χ3n) is 4.31. The molecule has 5 nitrogen and oxygen atoms in total. The Hall–Kier alpha value is -1.91. The van der Waals surface area contributed by atoms with Crippen molar-refractivity contribution in [2.45, 2.75) is 45.1 Å². The molecule has 1 saturated carbocycles. The van der Waals surface area contributed by atoms with E-state index < -0.39 is 5.76 Å². The number of anilines is 2. The molecule has 5 heteroatoms. The number of nitrogen functional groups attached to an aromatic ring is 1. The number of benzene rings is 1. The van der Waals surface area contributed by atoms with Crippen LogP contribution in [-0.4, -0.2) is 11.0 Å². The van der Waals surface area contributed by atoms with E-state index in [2.05, 4.69) is 17.2 Å². The summed E-state index contributed by atoms with van der Waals surface area (Å²) in [5, 5.41) is 3.53. The summed E-state index contributed by atoms with van der Waals surface area (Å²) in [6.07, 6.45) is 6.20. The molecule has 0 amide bonds. The van der Waals surface area contributed by atoms with Gasteiger partial charge in [-0.15, -0.1) is 0 Å². The van der Waals surface area contributed by atoms with Crippen molar-refractivity contribution in [3.63, 3.8) is 0 Å². The van der Waals surface area contributed by atoms with E-state index in [0.29, 0.717) is 22.8 Å². The van der Waals surface area contributed by atoms with E-state index in [9.17, 15) is 4.79 Å². The first kappa shape index (κ1) is 13.1. The van der Waals surface area contributed by atoms with Crippen molar-refractivity contribution in [3.8, 4) is 0 Å². The molecule has 0 radical (unpaired) electrons. The molecule has 1 aromatic heterocycles. The van der Waals surface area contributed by atoms with E-state index in [1.165, 1.54) is 32.1 Å². The number of rotatable bonds is 3. The number of aromatic amines is 1. The lowest BCUT2D eigenvalue weighted by molar-refractivity contribution is 0.327. The van der Waals surface area contributed by atoms with Crippen molar-refractivity contribution < 1.29 is 4.42 Å². The Bertz CT molecular complexity index is 659. The number of nitrogens with one attached hydrogen (secondary N) is 2. The molecule has 1 heterocycles. The first-order valence-corrected chi connectivity index (χ1v) is 7.34. The van der Waals surface area contributed by atoms with E-state index >= 15 is 0 Å². The van der Waals surface area contributed by atoms with Gasteiger partial charge in [0, 0.05) is 12.1 Å². The van der Waals surface area contributed by atoms with Crippen LogP contribution in [0.25, 0.3) is 11.1 Å². The summed E-state index contributed by atoms with van der Waals surface area (Å²) < 4.78 is 5.01. The average molecular weight is 275 g/mol. The van der Waals surface area contributed by atoms with Crippen LogP contribution < -0.4 is 16.8 Å². The normalized spacial score (nSPS) is 23.1. The van der Waals surface area contributed by atoms with Crippen molar-refractivity contribution in [2.75, 3.05) is 11.1 Å². The monoisotopic (exact) mass is 275 g/mol. The maximum atomic E-state index is 11.2. The van der Waals surface area contributed by atoms with Gasteiger partial charge in [0.15, 0.2) is 5.58 Å². The molecule has 20 heavy (non-hydrogen) atoms. The topological polar surface area (TPSA) is 84.0 Å². The van der Waals surface area contributed by atoms with E-state index in [-0.39, 0.29) is 0 Å². The molecule has 3 rings (SSSR count). The fourth-order valence-corrected chi connectivity index (χ4v) is 3.15. The van der Waals surface area contributed by atoms with Crippen LogP contribution in [0.15, 0.2) is 21.3 Å². The van der Waals surface area contributed by atoms with Crippen LogP contribution in [-0.2, 0) is 0 Å². The predicted octanol–water partition coefficient (Wildman–Crippen LogP) is 3.08. The Kier molecular flexibility index (Phi) is 3.42. The van der Waals surface area contributed by atoms with Crippen LogP contribution in [0.4, 0.5) is 11.4 Å². The molecular weight excluding hydrogens is 254 g/mol. The lowest BCUT2D eigenvalue weighted by Crippen LogP contribution is -2.27. The van der Waals surface area contributed by atoms with Gasteiger partial charge < -0.3 is 15.5 Å². The second-order valence-corrected chi connectivity index (χ2v) is 5.73. The van der Waals surface area contributed by atoms with Crippen molar-refractivity contribution in [1.82, 2.24) is 4.98 Å². The minimum atomic E-state index is -0.444.